The van der Waals surface area contributed by atoms with Gasteiger partial charge in [0.2, 0.25) is 0 Å². The predicted octanol–water partition coefficient (Wildman–Crippen LogP) is 2.79. The van der Waals surface area contributed by atoms with E-state index in [1.165, 1.54) is 5.56 Å². The van der Waals surface area contributed by atoms with Crippen molar-refractivity contribution in [2.45, 2.75) is 33.4 Å². The van der Waals surface area contributed by atoms with Gasteiger partial charge in [-0.3, -0.25) is 9.67 Å². The first-order valence-electron chi connectivity index (χ1n) is 6.53. The first kappa shape index (κ1) is 14.0. The van der Waals surface area contributed by atoms with Gasteiger partial charge in [0.1, 0.15) is 0 Å². The Bertz CT molecular complexity index is 499. The quantitative estimate of drug-likeness (QED) is 0.826. The lowest BCUT2D eigenvalue weighted by Crippen LogP contribution is -2.14. The van der Waals surface area contributed by atoms with Crippen LogP contribution in [-0.2, 0) is 13.1 Å². The lowest BCUT2D eigenvalue weighted by Gasteiger charge is -2.05. The minimum Gasteiger partial charge on any atom is -0.313 e. The SMILES string of the molecule is CCCNCc1ccc(Cn2cc(Cl)c(C)n2)nc1. The average molecular weight is 279 g/mol. The zero-order chi connectivity index (χ0) is 13.7. The van der Waals surface area contributed by atoms with Crippen molar-refractivity contribution in [3.05, 3.63) is 46.5 Å². The monoisotopic (exact) mass is 278 g/mol. The Balaban J connectivity index is 1.94. The number of nitrogens with one attached hydrogen (secondary N) is 1. The molecule has 0 saturated carbocycles. The van der Waals surface area contributed by atoms with Crippen LogP contribution in [0, 0.1) is 6.92 Å². The summed E-state index contributed by atoms with van der Waals surface area (Å²) in [7, 11) is 0. The summed E-state index contributed by atoms with van der Waals surface area (Å²) in [5, 5.41) is 8.37. The Kier molecular flexibility index (Phi) is 4.93. The van der Waals surface area contributed by atoms with Gasteiger partial charge in [-0.15, -0.1) is 0 Å². The zero-order valence-corrected chi connectivity index (χ0v) is 12.1. The molecule has 0 atom stereocenters. The van der Waals surface area contributed by atoms with E-state index in [0.29, 0.717) is 11.6 Å². The molecule has 0 aliphatic heterocycles. The molecule has 0 aliphatic rings. The highest BCUT2D eigenvalue weighted by Crippen LogP contribution is 2.13. The maximum atomic E-state index is 5.98. The number of nitrogens with zero attached hydrogens (tertiary/aromatic N) is 3. The summed E-state index contributed by atoms with van der Waals surface area (Å²) >= 11 is 5.98. The van der Waals surface area contributed by atoms with Crippen LogP contribution >= 0.6 is 11.6 Å². The standard InChI is InChI=1S/C14H19ClN4/c1-3-6-16-7-12-4-5-13(17-8-12)9-19-10-14(15)11(2)18-19/h4-5,8,10,16H,3,6-7,9H2,1-2H3. The fourth-order valence-corrected chi connectivity index (χ4v) is 1.95. The molecule has 2 aromatic heterocycles. The van der Waals surface area contributed by atoms with E-state index in [2.05, 4.69) is 28.4 Å². The molecule has 0 fully saturated rings. The molecule has 0 unspecified atom stereocenters. The van der Waals surface area contributed by atoms with Gasteiger partial charge in [0.05, 0.1) is 23.0 Å². The van der Waals surface area contributed by atoms with Gasteiger partial charge in [0.25, 0.3) is 0 Å². The third-order valence-corrected chi connectivity index (χ3v) is 3.22. The van der Waals surface area contributed by atoms with E-state index in [1.54, 1.807) is 0 Å². The maximum absolute atomic E-state index is 5.98. The third kappa shape index (κ3) is 4.04. The Morgan fingerprint density at radius 1 is 1.37 bits per heavy atom. The highest BCUT2D eigenvalue weighted by Gasteiger charge is 2.03. The van der Waals surface area contributed by atoms with Crippen molar-refractivity contribution < 1.29 is 0 Å². The fourth-order valence-electron chi connectivity index (χ4n) is 1.80. The largest absolute Gasteiger partial charge is 0.313 e. The highest BCUT2D eigenvalue weighted by molar-refractivity contribution is 6.31. The molecular formula is C14H19ClN4. The minimum atomic E-state index is 0.649. The molecule has 2 aromatic rings. The second-order valence-corrected chi connectivity index (χ2v) is 5.00. The predicted molar refractivity (Wildman–Crippen MR) is 77.3 cm³/mol. The van der Waals surface area contributed by atoms with Gasteiger partial charge in [0.15, 0.2) is 0 Å². The van der Waals surface area contributed by atoms with Crippen molar-refractivity contribution in [1.29, 1.82) is 0 Å². The minimum absolute atomic E-state index is 0.649. The zero-order valence-electron chi connectivity index (χ0n) is 11.4. The van der Waals surface area contributed by atoms with E-state index in [0.717, 1.165) is 30.9 Å². The number of aryl methyl sites for hydroxylation is 1. The third-order valence-electron chi connectivity index (χ3n) is 2.85. The summed E-state index contributed by atoms with van der Waals surface area (Å²) in [5.41, 5.74) is 3.03. The molecule has 0 bridgehead atoms. The molecule has 0 amide bonds. The van der Waals surface area contributed by atoms with E-state index in [-0.39, 0.29) is 0 Å². The highest BCUT2D eigenvalue weighted by atomic mass is 35.5. The fraction of sp³-hybridized carbons (Fsp3) is 0.429. The summed E-state index contributed by atoms with van der Waals surface area (Å²) in [6.07, 6.45) is 4.89. The van der Waals surface area contributed by atoms with Crippen molar-refractivity contribution in [1.82, 2.24) is 20.1 Å². The van der Waals surface area contributed by atoms with Crippen LogP contribution < -0.4 is 5.32 Å². The van der Waals surface area contributed by atoms with Crippen LogP contribution in [0.4, 0.5) is 0 Å². The van der Waals surface area contributed by atoms with Gasteiger partial charge >= 0.3 is 0 Å². The summed E-state index contributed by atoms with van der Waals surface area (Å²) in [5.74, 6) is 0. The molecule has 1 N–H and O–H groups in total. The lowest BCUT2D eigenvalue weighted by atomic mass is 10.2. The second-order valence-electron chi connectivity index (χ2n) is 4.59. The Morgan fingerprint density at radius 2 is 2.21 bits per heavy atom. The van der Waals surface area contributed by atoms with Gasteiger partial charge in [-0.25, -0.2) is 0 Å². The molecule has 0 saturated heterocycles. The molecule has 0 spiro atoms. The maximum Gasteiger partial charge on any atom is 0.0831 e. The molecule has 19 heavy (non-hydrogen) atoms. The molecule has 0 aromatic carbocycles. The molecule has 2 rings (SSSR count). The van der Waals surface area contributed by atoms with Crippen LogP contribution in [0.1, 0.15) is 30.3 Å². The molecule has 5 heteroatoms. The van der Waals surface area contributed by atoms with Crippen molar-refractivity contribution in [2.75, 3.05) is 6.54 Å². The number of hydrogen-bond acceptors (Lipinski definition) is 3. The number of hydrogen-bond donors (Lipinski definition) is 1. The van der Waals surface area contributed by atoms with Crippen molar-refractivity contribution >= 4 is 11.6 Å². The van der Waals surface area contributed by atoms with Crippen LogP contribution in [0.25, 0.3) is 0 Å². The van der Waals surface area contributed by atoms with Crippen LogP contribution in [0.2, 0.25) is 5.02 Å². The Morgan fingerprint density at radius 3 is 2.79 bits per heavy atom. The number of pyridine rings is 1. The van der Waals surface area contributed by atoms with E-state index < -0.39 is 0 Å². The van der Waals surface area contributed by atoms with E-state index in [4.69, 9.17) is 11.6 Å². The smallest absolute Gasteiger partial charge is 0.0831 e. The van der Waals surface area contributed by atoms with Gasteiger partial charge in [-0.05, 0) is 31.5 Å². The summed E-state index contributed by atoms with van der Waals surface area (Å²) in [6.45, 7) is 6.61. The Hall–Kier alpha value is -1.39. The summed E-state index contributed by atoms with van der Waals surface area (Å²) < 4.78 is 1.81. The van der Waals surface area contributed by atoms with Crippen LogP contribution in [0.15, 0.2) is 24.5 Å². The van der Waals surface area contributed by atoms with Crippen molar-refractivity contribution in [2.24, 2.45) is 0 Å². The first-order chi connectivity index (χ1) is 9.19. The average Bonchev–Trinajstić information content (AvgIpc) is 2.71. The van der Waals surface area contributed by atoms with Gasteiger partial charge in [-0.2, -0.15) is 5.10 Å². The van der Waals surface area contributed by atoms with E-state index in [1.807, 2.05) is 30.1 Å². The van der Waals surface area contributed by atoms with Crippen LogP contribution in [0.3, 0.4) is 0 Å². The van der Waals surface area contributed by atoms with Gasteiger partial charge in [-0.1, -0.05) is 24.6 Å². The molecule has 102 valence electrons. The molecular weight excluding hydrogens is 260 g/mol. The number of aromatic nitrogens is 3. The van der Waals surface area contributed by atoms with Gasteiger partial charge < -0.3 is 5.32 Å². The second kappa shape index (κ2) is 6.68. The first-order valence-corrected chi connectivity index (χ1v) is 6.91. The number of halogens is 1. The molecule has 2 heterocycles. The summed E-state index contributed by atoms with van der Waals surface area (Å²) in [6, 6.07) is 4.14. The van der Waals surface area contributed by atoms with Gasteiger partial charge in [0, 0.05) is 18.9 Å². The van der Waals surface area contributed by atoms with Crippen molar-refractivity contribution in [3.8, 4) is 0 Å². The molecule has 0 aliphatic carbocycles. The normalized spacial score (nSPS) is 10.9. The topological polar surface area (TPSA) is 42.7 Å². The van der Waals surface area contributed by atoms with Crippen LogP contribution in [0.5, 0.6) is 0 Å². The van der Waals surface area contributed by atoms with E-state index in [9.17, 15) is 0 Å². The number of rotatable bonds is 6. The van der Waals surface area contributed by atoms with E-state index >= 15 is 0 Å². The van der Waals surface area contributed by atoms with Crippen molar-refractivity contribution in [3.63, 3.8) is 0 Å². The molecule has 0 radical (unpaired) electrons. The Labute approximate surface area is 118 Å². The lowest BCUT2D eigenvalue weighted by molar-refractivity contribution is 0.658. The van der Waals surface area contributed by atoms with Crippen LogP contribution in [-0.4, -0.2) is 21.3 Å². The summed E-state index contributed by atoms with van der Waals surface area (Å²) in [4.78, 5) is 4.45. The molecule has 4 nitrogen and oxygen atoms in total.